The van der Waals surface area contributed by atoms with Crippen LogP contribution in [-0.2, 0) is 19.7 Å². The first-order chi connectivity index (χ1) is 12.2. The second kappa shape index (κ2) is 7.09. The number of sulfone groups is 2. The maximum absolute atomic E-state index is 13.1. The molecule has 2 aromatic carbocycles. The van der Waals surface area contributed by atoms with Crippen molar-refractivity contribution in [2.24, 2.45) is 0 Å². The quantitative estimate of drug-likeness (QED) is 0.782. The van der Waals surface area contributed by atoms with E-state index in [-0.39, 0.29) is 16.7 Å². The van der Waals surface area contributed by atoms with Gasteiger partial charge in [0.25, 0.3) is 0 Å². The number of hydrogen-bond acceptors (Lipinski definition) is 5. The number of rotatable bonds is 5. The molecule has 0 saturated carbocycles. The molecular weight excluding hydrogens is 377 g/mol. The molecule has 26 heavy (non-hydrogen) atoms. The molecule has 1 N–H and O–H groups in total. The van der Waals surface area contributed by atoms with Gasteiger partial charge in [0, 0.05) is 12.1 Å². The third kappa shape index (κ3) is 3.97. The van der Waals surface area contributed by atoms with Gasteiger partial charge in [-0.25, -0.2) is 21.2 Å². The molecule has 2 aromatic rings. The molecule has 1 heterocycles. The maximum Gasteiger partial charge on any atom is 0.183 e. The van der Waals surface area contributed by atoms with Crippen LogP contribution in [0.1, 0.15) is 18.5 Å². The summed E-state index contributed by atoms with van der Waals surface area (Å²) in [7, 11) is -7.40. The Morgan fingerprint density at radius 1 is 1.04 bits per heavy atom. The lowest BCUT2D eigenvalue weighted by Crippen LogP contribution is -2.44. The first kappa shape index (κ1) is 19.0. The van der Waals surface area contributed by atoms with Crippen molar-refractivity contribution in [1.29, 1.82) is 0 Å². The molecule has 3 rings (SSSR count). The molecule has 1 saturated heterocycles. The van der Waals surface area contributed by atoms with Gasteiger partial charge in [-0.3, -0.25) is 0 Å². The lowest BCUT2D eigenvalue weighted by molar-refractivity contribution is 0.475. The normalized spacial score (nSPS) is 23.6. The Morgan fingerprint density at radius 3 is 2.27 bits per heavy atom. The van der Waals surface area contributed by atoms with Crippen molar-refractivity contribution in [3.63, 3.8) is 0 Å². The van der Waals surface area contributed by atoms with E-state index in [1.807, 2.05) is 37.3 Å². The predicted molar refractivity (Wildman–Crippen MR) is 97.8 cm³/mol. The molecule has 8 heteroatoms. The zero-order chi connectivity index (χ0) is 18.9. The monoisotopic (exact) mass is 397 g/mol. The van der Waals surface area contributed by atoms with Crippen LogP contribution in [-0.4, -0.2) is 39.6 Å². The molecule has 0 spiro atoms. The van der Waals surface area contributed by atoms with E-state index in [2.05, 4.69) is 5.32 Å². The topological polar surface area (TPSA) is 80.3 Å². The molecule has 3 atom stereocenters. The SMILES string of the molecule is C[C@H](N[C@H]1CS(=O)(=O)C[C@@H]1S(=O)(=O)c1ccc(F)cc1)c1ccccc1. The summed E-state index contributed by atoms with van der Waals surface area (Å²) in [5, 5.41) is 2.05. The highest BCUT2D eigenvalue weighted by Crippen LogP contribution is 2.28. The van der Waals surface area contributed by atoms with E-state index in [4.69, 9.17) is 0 Å². The molecule has 1 fully saturated rings. The van der Waals surface area contributed by atoms with E-state index < -0.39 is 42.5 Å². The van der Waals surface area contributed by atoms with Crippen molar-refractivity contribution in [2.75, 3.05) is 11.5 Å². The number of hydrogen-bond donors (Lipinski definition) is 1. The number of benzene rings is 2. The van der Waals surface area contributed by atoms with Gasteiger partial charge in [-0.1, -0.05) is 30.3 Å². The Hall–Kier alpha value is -1.77. The largest absolute Gasteiger partial charge is 0.305 e. The summed E-state index contributed by atoms with van der Waals surface area (Å²) >= 11 is 0. The van der Waals surface area contributed by atoms with Gasteiger partial charge in [-0.05, 0) is 36.8 Å². The molecule has 0 aliphatic carbocycles. The fourth-order valence-electron chi connectivity index (χ4n) is 3.23. The van der Waals surface area contributed by atoms with E-state index >= 15 is 0 Å². The summed E-state index contributed by atoms with van der Waals surface area (Å²) in [6.45, 7) is 1.86. The molecule has 0 amide bonds. The van der Waals surface area contributed by atoms with Crippen LogP contribution in [0.3, 0.4) is 0 Å². The molecule has 0 unspecified atom stereocenters. The summed E-state index contributed by atoms with van der Waals surface area (Å²) in [5.74, 6) is -1.23. The van der Waals surface area contributed by atoms with E-state index in [1.165, 1.54) is 12.1 Å². The molecule has 140 valence electrons. The van der Waals surface area contributed by atoms with Crippen LogP contribution in [0.4, 0.5) is 4.39 Å². The second-order valence-electron chi connectivity index (χ2n) is 6.52. The summed E-state index contributed by atoms with van der Waals surface area (Å²) in [5.41, 5.74) is 0.940. The van der Waals surface area contributed by atoms with Gasteiger partial charge in [-0.15, -0.1) is 0 Å². The van der Waals surface area contributed by atoms with Gasteiger partial charge in [-0.2, -0.15) is 0 Å². The van der Waals surface area contributed by atoms with Crippen molar-refractivity contribution >= 4 is 19.7 Å². The molecule has 1 aliphatic heterocycles. The lowest BCUT2D eigenvalue weighted by atomic mass is 10.1. The fourth-order valence-corrected chi connectivity index (χ4v) is 7.91. The number of halogens is 1. The van der Waals surface area contributed by atoms with Crippen LogP contribution in [0.5, 0.6) is 0 Å². The summed E-state index contributed by atoms with van der Waals surface area (Å²) in [6, 6.07) is 12.9. The second-order valence-corrected chi connectivity index (χ2v) is 10.8. The summed E-state index contributed by atoms with van der Waals surface area (Å²) in [6.07, 6.45) is 0. The van der Waals surface area contributed by atoms with E-state index in [9.17, 15) is 21.2 Å². The third-order valence-corrected chi connectivity index (χ3v) is 8.77. The zero-order valence-electron chi connectivity index (χ0n) is 14.2. The van der Waals surface area contributed by atoms with Gasteiger partial charge in [0.1, 0.15) is 5.82 Å². The van der Waals surface area contributed by atoms with Gasteiger partial charge in [0.05, 0.1) is 21.7 Å². The van der Waals surface area contributed by atoms with E-state index in [0.29, 0.717) is 0 Å². The van der Waals surface area contributed by atoms with Crippen LogP contribution in [0.25, 0.3) is 0 Å². The van der Waals surface area contributed by atoms with Crippen LogP contribution in [0.2, 0.25) is 0 Å². The Morgan fingerprint density at radius 2 is 1.65 bits per heavy atom. The van der Waals surface area contributed by atoms with Crippen molar-refractivity contribution in [1.82, 2.24) is 5.32 Å². The first-order valence-electron chi connectivity index (χ1n) is 8.20. The first-order valence-corrected chi connectivity index (χ1v) is 11.6. The van der Waals surface area contributed by atoms with Gasteiger partial charge in [0.2, 0.25) is 0 Å². The Bertz CT molecular complexity index is 974. The summed E-state index contributed by atoms with van der Waals surface area (Å²) < 4.78 is 63.3. The zero-order valence-corrected chi connectivity index (χ0v) is 15.8. The fraction of sp³-hybridized carbons (Fsp3) is 0.333. The van der Waals surface area contributed by atoms with Gasteiger partial charge < -0.3 is 5.32 Å². The minimum atomic E-state index is -3.91. The standard InChI is InChI=1S/C18H20FNO4S2/c1-13(14-5-3-2-4-6-14)20-17-11-25(21,22)12-18(17)26(23,24)16-9-7-15(19)8-10-16/h2-10,13,17-18,20H,11-12H2,1H3/t13-,17-,18-/m0/s1. The molecule has 0 radical (unpaired) electrons. The maximum atomic E-state index is 13.1. The molecule has 5 nitrogen and oxygen atoms in total. The van der Waals surface area contributed by atoms with Gasteiger partial charge >= 0.3 is 0 Å². The molecular formula is C18H20FNO4S2. The van der Waals surface area contributed by atoms with Crippen molar-refractivity contribution in [2.45, 2.75) is 29.2 Å². The Balaban J connectivity index is 1.90. The van der Waals surface area contributed by atoms with Crippen LogP contribution in [0.15, 0.2) is 59.5 Å². The van der Waals surface area contributed by atoms with Crippen molar-refractivity contribution < 1.29 is 21.2 Å². The number of nitrogens with one attached hydrogen (secondary N) is 1. The smallest absolute Gasteiger partial charge is 0.183 e. The van der Waals surface area contributed by atoms with Crippen LogP contribution >= 0.6 is 0 Å². The Labute approximate surface area is 153 Å². The highest BCUT2D eigenvalue weighted by Gasteiger charge is 2.46. The van der Waals surface area contributed by atoms with E-state index in [0.717, 1.165) is 17.7 Å². The Kier molecular flexibility index (Phi) is 5.18. The minimum absolute atomic E-state index is 0.0693. The lowest BCUT2D eigenvalue weighted by Gasteiger charge is -2.24. The minimum Gasteiger partial charge on any atom is -0.305 e. The van der Waals surface area contributed by atoms with Crippen molar-refractivity contribution in [3.8, 4) is 0 Å². The highest BCUT2D eigenvalue weighted by atomic mass is 32.2. The van der Waals surface area contributed by atoms with Crippen molar-refractivity contribution in [3.05, 3.63) is 66.0 Å². The van der Waals surface area contributed by atoms with Gasteiger partial charge in [0.15, 0.2) is 19.7 Å². The predicted octanol–water partition coefficient (Wildman–Crippen LogP) is 2.12. The molecule has 1 aliphatic rings. The molecule has 0 aromatic heterocycles. The average molecular weight is 397 g/mol. The van der Waals surface area contributed by atoms with Crippen LogP contribution in [0, 0.1) is 5.82 Å². The summed E-state index contributed by atoms with van der Waals surface area (Å²) in [4.78, 5) is -0.0693. The van der Waals surface area contributed by atoms with Crippen LogP contribution < -0.4 is 5.32 Å². The highest BCUT2D eigenvalue weighted by molar-refractivity contribution is 7.96. The third-order valence-electron chi connectivity index (χ3n) is 4.60. The van der Waals surface area contributed by atoms with E-state index in [1.54, 1.807) is 0 Å². The average Bonchev–Trinajstić information content (AvgIpc) is 2.91. The molecule has 0 bridgehead atoms.